The maximum Gasteiger partial charge on any atom is 0.264 e. The fraction of sp³-hybridized carbons (Fsp3) is 0.174. The van der Waals surface area contributed by atoms with Crippen molar-refractivity contribution in [2.45, 2.75) is 11.8 Å². The third-order valence-electron chi connectivity index (χ3n) is 4.81. The maximum absolute atomic E-state index is 13.6. The number of anilines is 2. The quantitative estimate of drug-likeness (QED) is 0.364. The number of rotatable bonds is 8. The molecular formula is C23H22ClIN2O5S. The first kappa shape index (κ1) is 25.1. The lowest BCUT2D eigenvalue weighted by Crippen LogP contribution is -2.38. The normalized spacial score (nSPS) is 11.1. The molecule has 0 saturated heterocycles. The lowest BCUT2D eigenvalue weighted by atomic mass is 10.2. The van der Waals surface area contributed by atoms with Crippen LogP contribution in [0.15, 0.2) is 65.6 Å². The van der Waals surface area contributed by atoms with Gasteiger partial charge in [0.15, 0.2) is 11.5 Å². The number of hydrogen-bond donors (Lipinski definition) is 1. The lowest BCUT2D eigenvalue weighted by Gasteiger charge is -2.25. The maximum atomic E-state index is 13.6. The van der Waals surface area contributed by atoms with Crippen LogP contribution in [0.1, 0.15) is 5.56 Å². The first-order chi connectivity index (χ1) is 15.6. The average molecular weight is 601 g/mol. The molecule has 174 valence electrons. The Kier molecular flexibility index (Phi) is 8.09. The Morgan fingerprint density at radius 3 is 2.27 bits per heavy atom. The van der Waals surface area contributed by atoms with Crippen LogP contribution in [0, 0.1) is 10.5 Å². The summed E-state index contributed by atoms with van der Waals surface area (Å²) in [4.78, 5) is 12.9. The highest BCUT2D eigenvalue weighted by molar-refractivity contribution is 14.1. The van der Waals surface area contributed by atoms with Crippen molar-refractivity contribution >= 4 is 61.5 Å². The summed E-state index contributed by atoms with van der Waals surface area (Å²) in [5, 5.41) is 3.24. The molecule has 0 bridgehead atoms. The summed E-state index contributed by atoms with van der Waals surface area (Å²) >= 11 is 8.17. The van der Waals surface area contributed by atoms with E-state index in [2.05, 4.69) is 27.9 Å². The van der Waals surface area contributed by atoms with E-state index in [4.69, 9.17) is 21.1 Å². The van der Waals surface area contributed by atoms with E-state index in [1.54, 1.807) is 30.3 Å². The van der Waals surface area contributed by atoms with E-state index in [0.29, 0.717) is 22.1 Å². The van der Waals surface area contributed by atoms with Gasteiger partial charge in [0, 0.05) is 20.3 Å². The molecule has 0 aliphatic rings. The van der Waals surface area contributed by atoms with Crippen molar-refractivity contribution in [1.29, 1.82) is 0 Å². The van der Waals surface area contributed by atoms with Gasteiger partial charge in [-0.05, 0) is 89.7 Å². The largest absolute Gasteiger partial charge is 0.493 e. The highest BCUT2D eigenvalue weighted by Gasteiger charge is 2.28. The van der Waals surface area contributed by atoms with Crippen LogP contribution in [0.5, 0.6) is 11.5 Å². The van der Waals surface area contributed by atoms with Gasteiger partial charge in [0.25, 0.3) is 10.0 Å². The van der Waals surface area contributed by atoms with Gasteiger partial charge in [-0.1, -0.05) is 11.6 Å². The number of sulfonamides is 1. The first-order valence-corrected chi connectivity index (χ1v) is 12.6. The minimum Gasteiger partial charge on any atom is -0.493 e. The van der Waals surface area contributed by atoms with Gasteiger partial charge in [-0.15, -0.1) is 0 Å². The molecule has 0 aliphatic heterocycles. The zero-order valence-corrected chi connectivity index (χ0v) is 21.9. The van der Waals surface area contributed by atoms with E-state index in [1.807, 2.05) is 19.1 Å². The van der Waals surface area contributed by atoms with Crippen LogP contribution >= 0.6 is 34.2 Å². The molecule has 0 aromatic heterocycles. The van der Waals surface area contributed by atoms with Crippen molar-refractivity contribution in [2.75, 3.05) is 30.4 Å². The molecule has 0 heterocycles. The van der Waals surface area contributed by atoms with Crippen LogP contribution in [-0.2, 0) is 14.8 Å². The number of carbonyl (C=O) groups is 1. The van der Waals surface area contributed by atoms with Crippen LogP contribution < -0.4 is 19.1 Å². The Morgan fingerprint density at radius 1 is 1.00 bits per heavy atom. The van der Waals surface area contributed by atoms with E-state index in [0.717, 1.165) is 13.4 Å². The number of nitrogens with zero attached hydrogens (tertiary/aromatic N) is 1. The Balaban J connectivity index is 1.99. The van der Waals surface area contributed by atoms with E-state index in [9.17, 15) is 13.2 Å². The highest BCUT2D eigenvalue weighted by atomic mass is 127. The Morgan fingerprint density at radius 2 is 1.67 bits per heavy atom. The molecular weight excluding hydrogens is 579 g/mol. The van der Waals surface area contributed by atoms with Gasteiger partial charge in [0.1, 0.15) is 6.54 Å². The predicted octanol–water partition coefficient (Wildman–Crippen LogP) is 5.10. The van der Waals surface area contributed by atoms with Gasteiger partial charge >= 0.3 is 0 Å². The van der Waals surface area contributed by atoms with Gasteiger partial charge in [-0.3, -0.25) is 9.10 Å². The van der Waals surface area contributed by atoms with Gasteiger partial charge < -0.3 is 14.8 Å². The van der Waals surface area contributed by atoms with Crippen LogP contribution in [-0.4, -0.2) is 35.1 Å². The summed E-state index contributed by atoms with van der Waals surface area (Å²) in [6.07, 6.45) is 0. The van der Waals surface area contributed by atoms with E-state index >= 15 is 0 Å². The number of amides is 1. The van der Waals surface area contributed by atoms with Crippen LogP contribution in [0.4, 0.5) is 11.4 Å². The van der Waals surface area contributed by atoms with Gasteiger partial charge in [0.2, 0.25) is 5.91 Å². The van der Waals surface area contributed by atoms with Crippen molar-refractivity contribution in [2.24, 2.45) is 0 Å². The lowest BCUT2D eigenvalue weighted by molar-refractivity contribution is -0.114. The second-order valence-electron chi connectivity index (χ2n) is 7.01. The standard InChI is InChI=1S/C23H22ClIN2O5S/c1-15-12-17(25)6-10-20(15)26-23(28)14-27(18-7-4-16(24)5-8-18)33(29,30)19-9-11-21(31-2)22(13-19)32-3/h4-13H,14H2,1-3H3,(H,26,28). The van der Waals surface area contributed by atoms with Crippen molar-refractivity contribution in [3.05, 3.63) is 74.8 Å². The summed E-state index contributed by atoms with van der Waals surface area (Å²) in [5.41, 5.74) is 1.78. The number of methoxy groups -OCH3 is 2. The van der Waals surface area contributed by atoms with Crippen molar-refractivity contribution in [3.63, 3.8) is 0 Å². The number of benzene rings is 3. The molecule has 0 unspecified atom stereocenters. The zero-order valence-electron chi connectivity index (χ0n) is 18.1. The van der Waals surface area contributed by atoms with Crippen molar-refractivity contribution in [1.82, 2.24) is 0 Å². The van der Waals surface area contributed by atoms with E-state index < -0.39 is 22.5 Å². The number of aryl methyl sites for hydroxylation is 1. The summed E-state index contributed by atoms with van der Waals surface area (Å²) in [7, 11) is -1.26. The molecule has 3 rings (SSSR count). The summed E-state index contributed by atoms with van der Waals surface area (Å²) in [6.45, 7) is 1.43. The molecule has 0 spiro atoms. The monoisotopic (exact) mass is 600 g/mol. The molecule has 3 aromatic carbocycles. The molecule has 1 amide bonds. The average Bonchev–Trinajstić information content (AvgIpc) is 2.79. The van der Waals surface area contributed by atoms with Crippen LogP contribution in [0.2, 0.25) is 5.02 Å². The van der Waals surface area contributed by atoms with E-state index in [-0.39, 0.29) is 10.6 Å². The molecule has 0 radical (unpaired) electrons. The SMILES string of the molecule is COc1ccc(S(=O)(=O)N(CC(=O)Nc2ccc(I)cc2C)c2ccc(Cl)cc2)cc1OC. The number of carbonyl (C=O) groups excluding carboxylic acids is 1. The molecule has 0 fully saturated rings. The Bertz CT molecular complexity index is 1270. The number of hydrogen-bond acceptors (Lipinski definition) is 5. The number of halogens is 2. The Hall–Kier alpha value is -2.50. The van der Waals surface area contributed by atoms with E-state index in [1.165, 1.54) is 32.4 Å². The minimum absolute atomic E-state index is 0.0478. The fourth-order valence-electron chi connectivity index (χ4n) is 3.11. The number of nitrogens with one attached hydrogen (secondary N) is 1. The molecule has 10 heteroatoms. The molecule has 33 heavy (non-hydrogen) atoms. The summed E-state index contributed by atoms with van der Waals surface area (Å²) in [5.74, 6) is 0.160. The molecule has 7 nitrogen and oxygen atoms in total. The van der Waals surface area contributed by atoms with Gasteiger partial charge in [-0.2, -0.15) is 0 Å². The fourth-order valence-corrected chi connectivity index (χ4v) is 5.32. The second-order valence-corrected chi connectivity index (χ2v) is 10.6. The van der Waals surface area contributed by atoms with Crippen molar-refractivity contribution in [3.8, 4) is 11.5 Å². The van der Waals surface area contributed by atoms with Crippen LogP contribution in [0.25, 0.3) is 0 Å². The topological polar surface area (TPSA) is 84.9 Å². The molecule has 0 atom stereocenters. The Labute approximate surface area is 211 Å². The molecule has 1 N–H and O–H groups in total. The summed E-state index contributed by atoms with van der Waals surface area (Å²) < 4.78 is 39.7. The third-order valence-corrected chi connectivity index (χ3v) is 7.50. The van der Waals surface area contributed by atoms with Gasteiger partial charge in [-0.25, -0.2) is 8.42 Å². The smallest absolute Gasteiger partial charge is 0.264 e. The first-order valence-electron chi connectivity index (χ1n) is 9.72. The summed E-state index contributed by atoms with van der Waals surface area (Å²) in [6, 6.07) is 16.1. The zero-order chi connectivity index (χ0) is 24.2. The van der Waals surface area contributed by atoms with Crippen molar-refractivity contribution < 1.29 is 22.7 Å². The molecule has 0 aliphatic carbocycles. The number of ether oxygens (including phenoxy) is 2. The second kappa shape index (κ2) is 10.6. The molecule has 0 saturated carbocycles. The highest BCUT2D eigenvalue weighted by Crippen LogP contribution is 2.32. The van der Waals surface area contributed by atoms with Gasteiger partial charge in [0.05, 0.1) is 24.8 Å². The molecule has 3 aromatic rings. The minimum atomic E-state index is -4.14. The third kappa shape index (κ3) is 5.90. The predicted molar refractivity (Wildman–Crippen MR) is 138 cm³/mol. The van der Waals surface area contributed by atoms with Crippen LogP contribution in [0.3, 0.4) is 0 Å².